The summed E-state index contributed by atoms with van der Waals surface area (Å²) in [5.41, 5.74) is 1.20. The lowest BCUT2D eigenvalue weighted by Crippen LogP contribution is -2.40. The Morgan fingerprint density at radius 1 is 0.971 bits per heavy atom. The van der Waals surface area contributed by atoms with Crippen LogP contribution in [-0.2, 0) is 26.0 Å². The second-order valence-corrected chi connectivity index (χ2v) is 9.89. The Morgan fingerprint density at radius 3 is 2.43 bits per heavy atom. The number of sulfonamides is 1. The van der Waals surface area contributed by atoms with E-state index in [-0.39, 0.29) is 36.0 Å². The highest BCUT2D eigenvalue weighted by Crippen LogP contribution is 2.33. The van der Waals surface area contributed by atoms with Crippen molar-refractivity contribution in [1.82, 2.24) is 4.31 Å². The van der Waals surface area contributed by atoms with Crippen LogP contribution in [0.15, 0.2) is 77.7 Å². The number of nitrogens with one attached hydrogen (secondary N) is 1. The highest BCUT2D eigenvalue weighted by atomic mass is 32.2. The number of aryl methyl sites for hydroxylation is 1. The lowest BCUT2D eigenvalue weighted by molar-refractivity contribution is -0.116. The van der Waals surface area contributed by atoms with E-state index in [1.807, 2.05) is 42.5 Å². The summed E-state index contributed by atoms with van der Waals surface area (Å²) in [5.74, 6) is 1.37. The first kappa shape index (κ1) is 24.7. The van der Waals surface area contributed by atoms with E-state index in [2.05, 4.69) is 5.32 Å². The molecule has 184 valence electrons. The van der Waals surface area contributed by atoms with Gasteiger partial charge in [-0.1, -0.05) is 36.4 Å². The van der Waals surface area contributed by atoms with Crippen molar-refractivity contribution in [2.24, 2.45) is 0 Å². The number of morpholine rings is 1. The van der Waals surface area contributed by atoms with Crippen molar-refractivity contribution in [2.75, 3.05) is 38.7 Å². The quantitative estimate of drug-likeness (QED) is 0.480. The van der Waals surface area contributed by atoms with Crippen LogP contribution in [0.1, 0.15) is 12.0 Å². The number of benzene rings is 3. The van der Waals surface area contributed by atoms with E-state index >= 15 is 0 Å². The average Bonchev–Trinajstić information content (AvgIpc) is 2.89. The largest absolute Gasteiger partial charge is 0.496 e. The normalized spacial score (nSPS) is 14.3. The fourth-order valence-electron chi connectivity index (χ4n) is 3.78. The fourth-order valence-corrected chi connectivity index (χ4v) is 5.21. The molecule has 3 aromatic carbocycles. The van der Waals surface area contributed by atoms with Crippen molar-refractivity contribution in [3.05, 3.63) is 78.4 Å². The van der Waals surface area contributed by atoms with Crippen molar-refractivity contribution >= 4 is 21.6 Å². The molecule has 1 fully saturated rings. The molecule has 1 amide bonds. The Kier molecular flexibility index (Phi) is 8.02. The minimum atomic E-state index is -3.74. The maximum atomic E-state index is 13.2. The molecule has 0 unspecified atom stereocenters. The van der Waals surface area contributed by atoms with Crippen LogP contribution in [0.25, 0.3) is 0 Å². The molecule has 35 heavy (non-hydrogen) atoms. The topological polar surface area (TPSA) is 94.2 Å². The molecule has 3 aromatic rings. The van der Waals surface area contributed by atoms with Crippen molar-refractivity contribution in [1.29, 1.82) is 0 Å². The number of para-hydroxylation sites is 2. The first-order valence-corrected chi connectivity index (χ1v) is 12.8. The Morgan fingerprint density at radius 2 is 1.69 bits per heavy atom. The molecule has 0 bridgehead atoms. The predicted octanol–water partition coefficient (Wildman–Crippen LogP) is 4.08. The van der Waals surface area contributed by atoms with Crippen LogP contribution in [0.2, 0.25) is 0 Å². The van der Waals surface area contributed by atoms with Gasteiger partial charge in [-0.2, -0.15) is 4.31 Å². The van der Waals surface area contributed by atoms with E-state index in [9.17, 15) is 13.2 Å². The Hall–Kier alpha value is -3.40. The lowest BCUT2D eigenvalue weighted by Gasteiger charge is -2.26. The van der Waals surface area contributed by atoms with Crippen LogP contribution < -0.4 is 14.8 Å². The minimum Gasteiger partial charge on any atom is -0.496 e. The van der Waals surface area contributed by atoms with Gasteiger partial charge >= 0.3 is 0 Å². The van der Waals surface area contributed by atoms with Crippen molar-refractivity contribution in [2.45, 2.75) is 17.7 Å². The summed E-state index contributed by atoms with van der Waals surface area (Å²) in [7, 11) is -2.15. The number of ether oxygens (including phenoxy) is 3. The molecule has 0 spiro atoms. The van der Waals surface area contributed by atoms with Crippen molar-refractivity contribution < 1.29 is 27.4 Å². The molecule has 1 saturated heterocycles. The van der Waals surface area contributed by atoms with Crippen molar-refractivity contribution in [3.8, 4) is 17.2 Å². The van der Waals surface area contributed by atoms with Gasteiger partial charge in [0.2, 0.25) is 15.9 Å². The zero-order valence-corrected chi connectivity index (χ0v) is 20.3. The maximum Gasteiger partial charge on any atom is 0.243 e. The molecule has 1 aliphatic heterocycles. The molecule has 0 atom stereocenters. The van der Waals surface area contributed by atoms with Gasteiger partial charge < -0.3 is 19.5 Å². The third-order valence-electron chi connectivity index (χ3n) is 5.62. The zero-order chi connectivity index (χ0) is 24.7. The summed E-state index contributed by atoms with van der Waals surface area (Å²) < 4.78 is 44.3. The smallest absolute Gasteiger partial charge is 0.243 e. The number of amides is 1. The lowest BCUT2D eigenvalue weighted by atomic mass is 10.1. The van der Waals surface area contributed by atoms with Gasteiger partial charge in [0.05, 0.1) is 30.9 Å². The van der Waals surface area contributed by atoms with Crippen molar-refractivity contribution in [3.63, 3.8) is 0 Å². The molecule has 0 aliphatic carbocycles. The number of carbonyl (C=O) groups excluding carboxylic acids is 1. The molecule has 9 heteroatoms. The Balaban J connectivity index is 1.57. The van der Waals surface area contributed by atoms with Crippen LogP contribution in [-0.4, -0.2) is 52.0 Å². The highest BCUT2D eigenvalue weighted by molar-refractivity contribution is 7.89. The number of methoxy groups -OCH3 is 1. The molecule has 0 radical (unpaired) electrons. The zero-order valence-electron chi connectivity index (χ0n) is 19.5. The first-order valence-electron chi connectivity index (χ1n) is 11.3. The third-order valence-corrected chi connectivity index (χ3v) is 7.51. The molecule has 1 heterocycles. The maximum absolute atomic E-state index is 13.2. The Bertz CT molecular complexity index is 1260. The second kappa shape index (κ2) is 11.4. The van der Waals surface area contributed by atoms with E-state index in [1.54, 1.807) is 25.3 Å². The second-order valence-electron chi connectivity index (χ2n) is 7.95. The monoisotopic (exact) mass is 496 g/mol. The van der Waals surface area contributed by atoms with E-state index in [0.29, 0.717) is 36.9 Å². The molecule has 0 aromatic heterocycles. The van der Waals surface area contributed by atoms with E-state index < -0.39 is 10.0 Å². The van der Waals surface area contributed by atoms with Crippen LogP contribution in [0.3, 0.4) is 0 Å². The van der Waals surface area contributed by atoms with Gasteiger partial charge in [0.15, 0.2) is 5.75 Å². The van der Waals surface area contributed by atoms with Crippen LogP contribution in [0.4, 0.5) is 5.69 Å². The van der Waals surface area contributed by atoms with Gasteiger partial charge in [0.25, 0.3) is 0 Å². The summed E-state index contributed by atoms with van der Waals surface area (Å²) in [6, 6.07) is 21.1. The van der Waals surface area contributed by atoms with Crippen LogP contribution >= 0.6 is 0 Å². The van der Waals surface area contributed by atoms with E-state index in [1.165, 1.54) is 16.4 Å². The number of carbonyl (C=O) groups is 1. The number of rotatable bonds is 9. The summed E-state index contributed by atoms with van der Waals surface area (Å²) in [6.45, 7) is 1.26. The van der Waals surface area contributed by atoms with Crippen LogP contribution in [0.5, 0.6) is 17.2 Å². The number of anilines is 1. The number of hydrogen-bond donors (Lipinski definition) is 1. The number of hydrogen-bond acceptors (Lipinski definition) is 6. The molecule has 0 saturated carbocycles. The van der Waals surface area contributed by atoms with Gasteiger partial charge in [-0.25, -0.2) is 8.42 Å². The van der Waals surface area contributed by atoms with Gasteiger partial charge in [0.1, 0.15) is 11.5 Å². The van der Waals surface area contributed by atoms with Gasteiger partial charge in [-0.15, -0.1) is 0 Å². The summed E-state index contributed by atoms with van der Waals surface area (Å²) >= 11 is 0. The predicted molar refractivity (Wildman–Crippen MR) is 132 cm³/mol. The molecule has 8 nitrogen and oxygen atoms in total. The minimum absolute atomic E-state index is 0.0832. The summed E-state index contributed by atoms with van der Waals surface area (Å²) in [6.07, 6.45) is 0.655. The van der Waals surface area contributed by atoms with Gasteiger partial charge in [-0.05, 0) is 48.4 Å². The highest BCUT2D eigenvalue weighted by Gasteiger charge is 2.27. The number of nitrogens with zero attached hydrogens (tertiary/aromatic N) is 1. The molecule has 1 aliphatic rings. The molecular weight excluding hydrogens is 468 g/mol. The van der Waals surface area contributed by atoms with Crippen LogP contribution in [0, 0.1) is 0 Å². The Labute approximate surface area is 205 Å². The molecular formula is C26H28N2O6S. The SMILES string of the molecule is COc1ccccc1CCC(=O)Nc1cc(S(=O)(=O)N2CCOCC2)ccc1Oc1ccccc1. The summed E-state index contributed by atoms with van der Waals surface area (Å²) in [5, 5.41) is 2.84. The average molecular weight is 497 g/mol. The molecule has 1 N–H and O–H groups in total. The van der Waals surface area contributed by atoms with E-state index in [0.717, 1.165) is 5.56 Å². The molecule has 4 rings (SSSR count). The van der Waals surface area contributed by atoms with E-state index in [4.69, 9.17) is 14.2 Å². The fraction of sp³-hybridized carbons (Fsp3) is 0.269. The summed E-state index contributed by atoms with van der Waals surface area (Å²) in [4.78, 5) is 13.0. The third kappa shape index (κ3) is 6.19. The van der Waals surface area contributed by atoms with Gasteiger partial charge in [-0.3, -0.25) is 4.79 Å². The first-order chi connectivity index (χ1) is 17.0. The van der Waals surface area contributed by atoms with Gasteiger partial charge in [0, 0.05) is 19.5 Å². The standard InChI is InChI=1S/C26H28N2O6S/c1-32-24-10-6-5-7-20(24)11-14-26(29)27-23-19-22(35(30,31)28-15-17-33-18-16-28)12-13-25(23)34-21-8-3-2-4-9-21/h2-10,12-13,19H,11,14-18H2,1H3,(H,27,29).